The van der Waals surface area contributed by atoms with E-state index in [0.717, 1.165) is 17.9 Å². The van der Waals surface area contributed by atoms with E-state index in [1.54, 1.807) is 11.3 Å². The number of ether oxygens (including phenoxy) is 1. The first kappa shape index (κ1) is 17.0. The highest BCUT2D eigenvalue weighted by Gasteiger charge is 2.36. The average molecular weight is 343 g/mol. The number of amides is 1. The van der Waals surface area contributed by atoms with Crippen molar-refractivity contribution in [1.29, 1.82) is 0 Å². The van der Waals surface area contributed by atoms with Crippen molar-refractivity contribution in [3.63, 3.8) is 0 Å². The van der Waals surface area contributed by atoms with Gasteiger partial charge in [0.2, 0.25) is 5.91 Å². The first-order valence-electron chi connectivity index (χ1n) is 8.73. The van der Waals surface area contributed by atoms with E-state index in [1.165, 1.54) is 31.2 Å². The molecule has 0 unspecified atom stereocenters. The van der Waals surface area contributed by atoms with Crippen molar-refractivity contribution >= 4 is 17.2 Å². The van der Waals surface area contributed by atoms with Crippen LogP contribution >= 0.6 is 11.3 Å². The van der Waals surface area contributed by atoms with Crippen LogP contribution in [-0.4, -0.2) is 19.1 Å². The lowest BCUT2D eigenvalue weighted by Gasteiger charge is -2.28. The summed E-state index contributed by atoms with van der Waals surface area (Å²) in [5.74, 6) is 0.949. The molecular formula is C20H25NO2S. The van der Waals surface area contributed by atoms with Crippen molar-refractivity contribution in [2.24, 2.45) is 0 Å². The van der Waals surface area contributed by atoms with Crippen LogP contribution in [0.2, 0.25) is 0 Å². The minimum Gasteiger partial charge on any atom is -0.494 e. The van der Waals surface area contributed by atoms with E-state index in [1.807, 2.05) is 31.2 Å². The Kier molecular flexibility index (Phi) is 5.56. The molecule has 3 rings (SSSR count). The molecule has 0 bridgehead atoms. The molecular weight excluding hydrogens is 318 g/mol. The fraction of sp³-hybridized carbons (Fsp3) is 0.450. The molecule has 0 atom stereocenters. The van der Waals surface area contributed by atoms with Gasteiger partial charge < -0.3 is 10.1 Å². The summed E-state index contributed by atoms with van der Waals surface area (Å²) < 4.78 is 5.44. The summed E-state index contributed by atoms with van der Waals surface area (Å²) in [5, 5.41) is 7.55. The van der Waals surface area contributed by atoms with Gasteiger partial charge in [0.25, 0.3) is 0 Å². The molecule has 1 N–H and O–H groups in total. The first-order valence-corrected chi connectivity index (χ1v) is 9.67. The second kappa shape index (κ2) is 7.84. The first-order chi connectivity index (χ1) is 11.7. The third-order valence-corrected chi connectivity index (χ3v) is 5.60. The van der Waals surface area contributed by atoms with E-state index in [9.17, 15) is 4.79 Å². The number of carbonyl (C=O) groups excluding carboxylic acids is 1. The Hall–Kier alpha value is -1.81. The van der Waals surface area contributed by atoms with E-state index >= 15 is 0 Å². The van der Waals surface area contributed by atoms with Crippen molar-refractivity contribution in [2.75, 3.05) is 13.2 Å². The normalized spacial score (nSPS) is 16.0. The van der Waals surface area contributed by atoms with Gasteiger partial charge in [-0.2, -0.15) is 11.3 Å². The SMILES string of the molecule is CCOc1ccc(CC(=O)NCC2(c3ccsc3)CCCC2)cc1. The number of carbonyl (C=O) groups is 1. The molecule has 1 aliphatic carbocycles. The third-order valence-electron chi connectivity index (χ3n) is 4.92. The Bertz CT molecular complexity index is 643. The molecule has 1 aromatic carbocycles. The molecule has 3 nitrogen and oxygen atoms in total. The van der Waals surface area contributed by atoms with Gasteiger partial charge in [0, 0.05) is 12.0 Å². The zero-order chi connectivity index (χ0) is 16.8. The van der Waals surface area contributed by atoms with Gasteiger partial charge in [-0.25, -0.2) is 0 Å². The summed E-state index contributed by atoms with van der Waals surface area (Å²) in [6, 6.07) is 10.0. The minimum absolute atomic E-state index is 0.0978. The lowest BCUT2D eigenvalue weighted by molar-refractivity contribution is -0.120. The molecule has 128 valence electrons. The van der Waals surface area contributed by atoms with Gasteiger partial charge in [0.15, 0.2) is 0 Å². The maximum absolute atomic E-state index is 12.4. The van der Waals surface area contributed by atoms with Gasteiger partial charge in [0.05, 0.1) is 13.0 Å². The molecule has 1 amide bonds. The average Bonchev–Trinajstić information content (AvgIpc) is 3.27. The highest BCUT2D eigenvalue weighted by molar-refractivity contribution is 7.08. The van der Waals surface area contributed by atoms with Crippen LogP contribution in [0, 0.1) is 0 Å². The molecule has 1 aromatic heterocycles. The van der Waals surface area contributed by atoms with Crippen LogP contribution in [0.25, 0.3) is 0 Å². The van der Waals surface area contributed by atoms with E-state index in [2.05, 4.69) is 22.1 Å². The Morgan fingerprint density at radius 3 is 2.58 bits per heavy atom. The minimum atomic E-state index is 0.0978. The predicted molar refractivity (Wildman–Crippen MR) is 98.8 cm³/mol. The fourth-order valence-electron chi connectivity index (χ4n) is 3.57. The standard InChI is InChI=1S/C20H25NO2S/c1-2-23-18-7-5-16(6-8-18)13-19(22)21-15-20(10-3-4-11-20)17-9-12-24-14-17/h5-9,12,14H,2-4,10-11,13,15H2,1H3,(H,21,22). The van der Waals surface area contributed by atoms with Crippen LogP contribution in [0.1, 0.15) is 43.7 Å². The number of hydrogen-bond donors (Lipinski definition) is 1. The fourth-order valence-corrected chi connectivity index (χ4v) is 4.35. The zero-order valence-corrected chi connectivity index (χ0v) is 15.0. The summed E-state index contributed by atoms with van der Waals surface area (Å²) in [7, 11) is 0. The smallest absolute Gasteiger partial charge is 0.224 e. The lowest BCUT2D eigenvalue weighted by atomic mass is 9.80. The van der Waals surface area contributed by atoms with Crippen molar-refractivity contribution in [1.82, 2.24) is 5.32 Å². The van der Waals surface area contributed by atoms with Crippen LogP contribution in [0.3, 0.4) is 0 Å². The molecule has 24 heavy (non-hydrogen) atoms. The molecule has 2 aromatic rings. The van der Waals surface area contributed by atoms with Gasteiger partial charge in [-0.05, 0) is 59.9 Å². The Morgan fingerprint density at radius 2 is 1.96 bits per heavy atom. The van der Waals surface area contributed by atoms with Gasteiger partial charge in [0.1, 0.15) is 5.75 Å². The summed E-state index contributed by atoms with van der Waals surface area (Å²) in [4.78, 5) is 12.4. The van der Waals surface area contributed by atoms with Crippen molar-refractivity contribution in [3.8, 4) is 5.75 Å². The highest BCUT2D eigenvalue weighted by Crippen LogP contribution is 2.41. The Morgan fingerprint density at radius 1 is 1.21 bits per heavy atom. The van der Waals surface area contributed by atoms with E-state index in [-0.39, 0.29) is 11.3 Å². The second-order valence-electron chi connectivity index (χ2n) is 6.53. The number of nitrogens with one attached hydrogen (secondary N) is 1. The van der Waals surface area contributed by atoms with E-state index < -0.39 is 0 Å². The number of rotatable bonds is 7. The molecule has 4 heteroatoms. The van der Waals surface area contributed by atoms with Crippen LogP contribution in [0.5, 0.6) is 5.75 Å². The third kappa shape index (κ3) is 3.99. The van der Waals surface area contributed by atoms with Crippen molar-refractivity contribution in [2.45, 2.75) is 44.4 Å². The van der Waals surface area contributed by atoms with Crippen LogP contribution in [0.15, 0.2) is 41.1 Å². The van der Waals surface area contributed by atoms with Gasteiger partial charge in [-0.3, -0.25) is 4.79 Å². The van der Waals surface area contributed by atoms with E-state index in [4.69, 9.17) is 4.74 Å². The number of benzene rings is 1. The van der Waals surface area contributed by atoms with Crippen LogP contribution in [0.4, 0.5) is 0 Å². The molecule has 1 heterocycles. The summed E-state index contributed by atoms with van der Waals surface area (Å²) in [5.41, 5.74) is 2.56. The van der Waals surface area contributed by atoms with Crippen molar-refractivity contribution in [3.05, 3.63) is 52.2 Å². The quantitative estimate of drug-likeness (QED) is 0.813. The monoisotopic (exact) mass is 343 g/mol. The van der Waals surface area contributed by atoms with Crippen molar-refractivity contribution < 1.29 is 9.53 Å². The molecule has 1 saturated carbocycles. The molecule has 1 aliphatic rings. The van der Waals surface area contributed by atoms with Gasteiger partial charge in [-0.15, -0.1) is 0 Å². The highest BCUT2D eigenvalue weighted by atomic mass is 32.1. The Labute approximate surface area is 148 Å². The number of hydrogen-bond acceptors (Lipinski definition) is 3. The second-order valence-corrected chi connectivity index (χ2v) is 7.31. The number of thiophene rings is 1. The summed E-state index contributed by atoms with van der Waals surface area (Å²) >= 11 is 1.74. The summed E-state index contributed by atoms with van der Waals surface area (Å²) in [6.45, 7) is 3.37. The van der Waals surface area contributed by atoms with E-state index in [0.29, 0.717) is 13.0 Å². The maximum atomic E-state index is 12.4. The largest absolute Gasteiger partial charge is 0.494 e. The predicted octanol–water partition coefficient (Wildman–Crippen LogP) is 4.32. The zero-order valence-electron chi connectivity index (χ0n) is 14.2. The molecule has 1 fully saturated rings. The molecule has 0 saturated heterocycles. The topological polar surface area (TPSA) is 38.3 Å². The molecule has 0 radical (unpaired) electrons. The van der Waals surface area contributed by atoms with Gasteiger partial charge in [-0.1, -0.05) is 25.0 Å². The molecule has 0 spiro atoms. The maximum Gasteiger partial charge on any atom is 0.224 e. The van der Waals surface area contributed by atoms with Crippen LogP contribution in [-0.2, 0) is 16.6 Å². The van der Waals surface area contributed by atoms with Gasteiger partial charge >= 0.3 is 0 Å². The lowest BCUT2D eigenvalue weighted by Crippen LogP contribution is -2.39. The summed E-state index contributed by atoms with van der Waals surface area (Å²) in [6.07, 6.45) is 5.28. The van der Waals surface area contributed by atoms with Crippen LogP contribution < -0.4 is 10.1 Å². The Balaban J connectivity index is 1.56. The molecule has 0 aliphatic heterocycles.